The number of benzene rings is 3. The Hall–Kier alpha value is -3.19. The third-order valence-electron chi connectivity index (χ3n) is 6.32. The van der Waals surface area contributed by atoms with Crippen molar-refractivity contribution in [3.05, 3.63) is 90.0 Å². The van der Waals surface area contributed by atoms with E-state index in [9.17, 15) is 13.2 Å². The Labute approximate surface area is 205 Å². The van der Waals surface area contributed by atoms with E-state index < -0.39 is 6.36 Å². The lowest BCUT2D eigenvalue weighted by Gasteiger charge is -2.36. The zero-order valence-corrected chi connectivity index (χ0v) is 20.0. The fourth-order valence-electron chi connectivity index (χ4n) is 4.46. The van der Waals surface area contributed by atoms with E-state index in [1.165, 1.54) is 18.9 Å². The van der Waals surface area contributed by atoms with Gasteiger partial charge in [0.1, 0.15) is 0 Å². The second-order valence-electron chi connectivity index (χ2n) is 8.81. The average molecular weight is 484 g/mol. The molecule has 0 atom stereocenters. The number of nitrogens with one attached hydrogen (secondary N) is 1. The lowest BCUT2D eigenvalue weighted by Crippen LogP contribution is -2.46. The molecule has 1 fully saturated rings. The topological polar surface area (TPSA) is 27.7 Å². The smallest absolute Gasteiger partial charge is 0.404 e. The van der Waals surface area contributed by atoms with Crippen LogP contribution in [0.25, 0.3) is 0 Å². The van der Waals surface area contributed by atoms with Crippen LogP contribution < -0.4 is 15.0 Å². The summed E-state index contributed by atoms with van der Waals surface area (Å²) in [6, 6.07) is 24.0. The first kappa shape index (κ1) is 24.9. The first-order valence-electron chi connectivity index (χ1n) is 12.2. The normalized spacial score (nSPS) is 14.8. The van der Waals surface area contributed by atoms with Gasteiger partial charge in [0.15, 0.2) is 5.75 Å². The van der Waals surface area contributed by atoms with E-state index in [1.807, 2.05) is 60.7 Å². The van der Waals surface area contributed by atoms with Crippen LogP contribution in [0.5, 0.6) is 5.75 Å². The van der Waals surface area contributed by atoms with Gasteiger partial charge in [-0.1, -0.05) is 74.0 Å². The molecule has 1 N–H and O–H groups in total. The van der Waals surface area contributed by atoms with Gasteiger partial charge in [0, 0.05) is 31.9 Å². The summed E-state index contributed by atoms with van der Waals surface area (Å²) in [6.45, 7) is 6.84. The second kappa shape index (κ2) is 11.5. The first-order valence-corrected chi connectivity index (χ1v) is 12.2. The minimum absolute atomic E-state index is 0.236. The summed E-state index contributed by atoms with van der Waals surface area (Å²) < 4.78 is 44.1. The van der Waals surface area contributed by atoms with Crippen molar-refractivity contribution in [3.63, 3.8) is 0 Å². The third-order valence-corrected chi connectivity index (χ3v) is 6.32. The van der Waals surface area contributed by atoms with Crippen molar-refractivity contribution in [1.82, 2.24) is 4.90 Å². The second-order valence-corrected chi connectivity index (χ2v) is 8.81. The van der Waals surface area contributed by atoms with Gasteiger partial charge in [0.2, 0.25) is 0 Å². The maximum absolute atomic E-state index is 13.2. The molecule has 7 heteroatoms. The highest BCUT2D eigenvalue weighted by Gasteiger charge is 2.33. The van der Waals surface area contributed by atoms with Crippen molar-refractivity contribution in [3.8, 4) is 5.75 Å². The molecule has 0 radical (unpaired) electrons. The molecule has 186 valence electrons. The standard InChI is InChI=1S/C28H32F3N3O/c1-2-3-16-33-17-19-34(20-18-33)24-14-15-26(35-28(29,30)31)25(21-24)32-27(22-10-6-4-7-11-22)23-12-8-5-9-13-23/h4-15,21,27,32H,2-3,16-20H2,1H3. The number of nitrogens with zero attached hydrogens (tertiary/aromatic N) is 2. The van der Waals surface area contributed by atoms with E-state index in [0.717, 1.165) is 49.5 Å². The van der Waals surface area contributed by atoms with Gasteiger partial charge < -0.3 is 15.0 Å². The number of unbranched alkanes of at least 4 members (excludes halogenated alkanes) is 1. The van der Waals surface area contributed by atoms with Crippen LogP contribution in [0.15, 0.2) is 78.9 Å². The monoisotopic (exact) mass is 483 g/mol. The van der Waals surface area contributed by atoms with Gasteiger partial charge in [0.25, 0.3) is 0 Å². The lowest BCUT2D eigenvalue weighted by atomic mass is 9.98. The Kier molecular flexibility index (Phi) is 8.18. The predicted octanol–water partition coefficient (Wildman–Crippen LogP) is 6.71. The van der Waals surface area contributed by atoms with E-state index in [-0.39, 0.29) is 11.8 Å². The van der Waals surface area contributed by atoms with Crippen LogP contribution in [0.2, 0.25) is 0 Å². The van der Waals surface area contributed by atoms with Crippen LogP contribution >= 0.6 is 0 Å². The number of halogens is 3. The van der Waals surface area contributed by atoms with Gasteiger partial charge in [-0.25, -0.2) is 0 Å². The van der Waals surface area contributed by atoms with Crippen molar-refractivity contribution in [2.45, 2.75) is 32.2 Å². The largest absolute Gasteiger partial charge is 0.573 e. The van der Waals surface area contributed by atoms with Crippen molar-refractivity contribution >= 4 is 11.4 Å². The molecule has 0 spiro atoms. The molecule has 1 saturated heterocycles. The molecule has 3 aromatic carbocycles. The maximum Gasteiger partial charge on any atom is 0.573 e. The van der Waals surface area contributed by atoms with Gasteiger partial charge in [-0.05, 0) is 42.3 Å². The minimum Gasteiger partial charge on any atom is -0.404 e. The Morgan fingerprint density at radius 2 is 1.46 bits per heavy atom. The molecule has 4 nitrogen and oxygen atoms in total. The third kappa shape index (κ3) is 6.92. The molecule has 0 aliphatic carbocycles. The Morgan fingerprint density at radius 1 is 0.857 bits per heavy atom. The molecule has 0 saturated carbocycles. The van der Waals surface area contributed by atoms with Crippen LogP contribution in [0.3, 0.4) is 0 Å². The summed E-state index contributed by atoms with van der Waals surface area (Å²) in [6.07, 6.45) is -2.43. The van der Waals surface area contributed by atoms with Gasteiger partial charge in [-0.2, -0.15) is 0 Å². The number of alkyl halides is 3. The zero-order chi connectivity index (χ0) is 24.7. The van der Waals surface area contributed by atoms with Crippen LogP contribution in [-0.4, -0.2) is 44.0 Å². The SMILES string of the molecule is CCCCN1CCN(c2ccc(OC(F)(F)F)c(NC(c3ccccc3)c3ccccc3)c2)CC1. The number of piperazine rings is 1. The van der Waals surface area contributed by atoms with Gasteiger partial charge >= 0.3 is 6.36 Å². The minimum atomic E-state index is -4.78. The summed E-state index contributed by atoms with van der Waals surface area (Å²) in [5.41, 5.74) is 3.10. The van der Waals surface area contributed by atoms with Crippen molar-refractivity contribution in [2.24, 2.45) is 0 Å². The molecule has 4 rings (SSSR count). The fourth-order valence-corrected chi connectivity index (χ4v) is 4.46. The maximum atomic E-state index is 13.2. The Morgan fingerprint density at radius 3 is 2.00 bits per heavy atom. The van der Waals surface area contributed by atoms with Gasteiger partial charge in [0.05, 0.1) is 11.7 Å². The number of hydrogen-bond acceptors (Lipinski definition) is 4. The molecule has 1 aliphatic heterocycles. The predicted molar refractivity (Wildman–Crippen MR) is 135 cm³/mol. The molecule has 0 unspecified atom stereocenters. The number of rotatable bonds is 9. The molecular formula is C28H32F3N3O. The van der Waals surface area contributed by atoms with E-state index in [0.29, 0.717) is 5.69 Å². The summed E-state index contributed by atoms with van der Waals surface area (Å²) in [4.78, 5) is 4.67. The van der Waals surface area contributed by atoms with E-state index in [1.54, 1.807) is 12.1 Å². The molecule has 3 aromatic rings. The van der Waals surface area contributed by atoms with Crippen molar-refractivity contribution < 1.29 is 17.9 Å². The molecular weight excluding hydrogens is 451 g/mol. The van der Waals surface area contributed by atoms with Crippen molar-refractivity contribution in [1.29, 1.82) is 0 Å². The first-order chi connectivity index (χ1) is 16.9. The highest BCUT2D eigenvalue weighted by atomic mass is 19.4. The molecule has 0 amide bonds. The Balaban J connectivity index is 1.63. The quantitative estimate of drug-likeness (QED) is 0.366. The van der Waals surface area contributed by atoms with E-state index in [4.69, 9.17) is 0 Å². The van der Waals surface area contributed by atoms with Crippen LogP contribution in [-0.2, 0) is 0 Å². The van der Waals surface area contributed by atoms with Gasteiger partial charge in [-0.3, -0.25) is 4.90 Å². The highest BCUT2D eigenvalue weighted by molar-refractivity contribution is 5.67. The number of hydrogen-bond donors (Lipinski definition) is 1. The van der Waals surface area contributed by atoms with Crippen LogP contribution in [0.1, 0.15) is 36.9 Å². The Bertz CT molecular complexity index is 1010. The molecule has 1 aliphatic rings. The molecule has 35 heavy (non-hydrogen) atoms. The van der Waals surface area contributed by atoms with Crippen molar-refractivity contribution in [2.75, 3.05) is 42.9 Å². The summed E-state index contributed by atoms with van der Waals surface area (Å²) in [5, 5.41) is 3.36. The van der Waals surface area contributed by atoms with E-state index >= 15 is 0 Å². The molecule has 0 bridgehead atoms. The van der Waals surface area contributed by atoms with E-state index in [2.05, 4.69) is 26.8 Å². The number of ether oxygens (including phenoxy) is 1. The van der Waals surface area contributed by atoms with Crippen LogP contribution in [0.4, 0.5) is 24.5 Å². The number of anilines is 2. The summed E-state index contributed by atoms with van der Waals surface area (Å²) in [5.74, 6) is -0.236. The van der Waals surface area contributed by atoms with Gasteiger partial charge in [-0.15, -0.1) is 13.2 Å². The zero-order valence-electron chi connectivity index (χ0n) is 20.0. The molecule has 1 heterocycles. The fraction of sp³-hybridized carbons (Fsp3) is 0.357. The molecule has 0 aromatic heterocycles. The lowest BCUT2D eigenvalue weighted by molar-refractivity contribution is -0.274. The van der Waals surface area contributed by atoms with Crippen LogP contribution in [0, 0.1) is 0 Å². The summed E-state index contributed by atoms with van der Waals surface area (Å²) >= 11 is 0. The average Bonchev–Trinajstić information content (AvgIpc) is 2.87. The highest BCUT2D eigenvalue weighted by Crippen LogP contribution is 2.37. The summed E-state index contributed by atoms with van der Waals surface area (Å²) in [7, 11) is 0.